The van der Waals surface area contributed by atoms with E-state index in [-0.39, 0.29) is 6.54 Å². The normalized spacial score (nSPS) is 13.1. The zero-order chi connectivity index (χ0) is 21.5. The summed E-state index contributed by atoms with van der Waals surface area (Å²) in [5, 5.41) is 10.1. The summed E-state index contributed by atoms with van der Waals surface area (Å²) in [5.41, 5.74) is 12.7. The topological polar surface area (TPSA) is 161 Å². The first-order chi connectivity index (χ1) is 13.0. The Morgan fingerprint density at radius 3 is 1.82 bits per heavy atom. The predicted octanol–water partition coefficient (Wildman–Crippen LogP) is 0.901. The summed E-state index contributed by atoms with van der Waals surface area (Å²) in [6.45, 7) is 5.29. The Kier molecular flexibility index (Phi) is 8.20. The quantitative estimate of drug-likeness (QED) is 0.393. The van der Waals surface area contributed by atoms with Crippen molar-refractivity contribution in [3.05, 3.63) is 23.8 Å². The van der Waals surface area contributed by atoms with Gasteiger partial charge in [-0.15, -0.1) is 0 Å². The Hall–Kier alpha value is -2.85. The second-order valence-electron chi connectivity index (χ2n) is 7.15. The van der Waals surface area contributed by atoms with Crippen molar-refractivity contribution in [3.63, 3.8) is 0 Å². The number of amides is 4. The zero-order valence-corrected chi connectivity index (χ0v) is 16.9. The monoisotopic (exact) mass is 394 g/mol. The molecule has 8 N–H and O–H groups in total. The molecule has 2 atom stereocenters. The third kappa shape index (κ3) is 7.05. The van der Waals surface area contributed by atoms with Gasteiger partial charge in [0.2, 0.25) is 0 Å². The van der Waals surface area contributed by atoms with Crippen LogP contribution in [0.5, 0.6) is 0 Å². The van der Waals surface area contributed by atoms with E-state index in [0.717, 1.165) is 0 Å². The fourth-order valence-corrected chi connectivity index (χ4v) is 2.42. The molecule has 0 aliphatic heterocycles. The summed E-state index contributed by atoms with van der Waals surface area (Å²) < 4.78 is 5.35. The Bertz CT molecular complexity index is 680. The average Bonchev–Trinajstić information content (AvgIpc) is 2.60. The van der Waals surface area contributed by atoms with Gasteiger partial charge in [0.15, 0.2) is 0 Å². The molecular weight excluding hydrogens is 364 g/mol. The van der Waals surface area contributed by atoms with Crippen LogP contribution >= 0.6 is 0 Å². The van der Waals surface area contributed by atoms with Crippen molar-refractivity contribution >= 4 is 29.4 Å². The van der Waals surface area contributed by atoms with Gasteiger partial charge in [-0.1, -0.05) is 0 Å². The molecule has 2 unspecified atom stereocenters. The van der Waals surface area contributed by atoms with Gasteiger partial charge in [0.05, 0.1) is 0 Å². The second-order valence-corrected chi connectivity index (χ2v) is 7.15. The molecule has 0 saturated heterocycles. The average molecular weight is 394 g/mol. The minimum absolute atomic E-state index is 0.0588. The van der Waals surface area contributed by atoms with E-state index in [9.17, 15) is 14.4 Å². The van der Waals surface area contributed by atoms with E-state index in [1.165, 1.54) is 14.1 Å². The van der Waals surface area contributed by atoms with Gasteiger partial charge in [0.25, 0.3) is 0 Å². The number of rotatable bonds is 6. The molecule has 0 aromatic heterocycles. The highest BCUT2D eigenvalue weighted by atomic mass is 16.6. The van der Waals surface area contributed by atoms with Gasteiger partial charge in [-0.05, 0) is 44.5 Å². The number of hydrogen-bond donors (Lipinski definition) is 6. The Balaban J connectivity index is 3.26. The zero-order valence-electron chi connectivity index (χ0n) is 16.9. The van der Waals surface area contributed by atoms with Crippen LogP contribution in [0.15, 0.2) is 18.2 Å². The molecule has 1 rings (SSSR count). The van der Waals surface area contributed by atoms with Crippen LogP contribution in [0.1, 0.15) is 32.3 Å². The lowest BCUT2D eigenvalue weighted by Crippen LogP contribution is -2.44. The highest BCUT2D eigenvalue weighted by Gasteiger charge is 2.30. The Labute approximate surface area is 164 Å². The van der Waals surface area contributed by atoms with Crippen molar-refractivity contribution in [1.82, 2.24) is 10.6 Å². The van der Waals surface area contributed by atoms with E-state index < -0.39 is 35.6 Å². The molecule has 0 spiro atoms. The predicted molar refractivity (Wildman–Crippen MR) is 108 cm³/mol. The minimum atomic E-state index is -1.02. The number of urea groups is 2. The van der Waals surface area contributed by atoms with E-state index in [1.54, 1.807) is 39.0 Å². The molecule has 10 heteroatoms. The van der Waals surface area contributed by atoms with Crippen LogP contribution in [0.4, 0.5) is 21.0 Å². The summed E-state index contributed by atoms with van der Waals surface area (Å²) in [4.78, 5) is 35.7. The van der Waals surface area contributed by atoms with Crippen molar-refractivity contribution in [3.8, 4) is 0 Å². The van der Waals surface area contributed by atoms with E-state index in [0.29, 0.717) is 16.9 Å². The molecule has 0 fully saturated rings. The number of carbonyl (C=O) groups is 3. The number of carbonyl (C=O) groups excluding carboxylic acids is 3. The first kappa shape index (κ1) is 23.2. The fraction of sp³-hybridized carbons (Fsp3) is 0.500. The smallest absolute Gasteiger partial charge is 0.324 e. The lowest BCUT2D eigenvalue weighted by Gasteiger charge is -2.27. The number of hydrogen-bond acceptors (Lipinski definition) is 6. The number of benzene rings is 1. The molecule has 156 valence electrons. The summed E-state index contributed by atoms with van der Waals surface area (Å²) in [7, 11) is 2.95. The highest BCUT2D eigenvalue weighted by molar-refractivity contribution is 5.93. The van der Waals surface area contributed by atoms with Crippen LogP contribution in [-0.4, -0.2) is 50.3 Å². The van der Waals surface area contributed by atoms with Crippen LogP contribution in [-0.2, 0) is 9.53 Å². The Morgan fingerprint density at radius 1 is 1.00 bits per heavy atom. The summed E-state index contributed by atoms with van der Waals surface area (Å²) in [6.07, 6.45) is 0. The van der Waals surface area contributed by atoms with Gasteiger partial charge in [-0.3, -0.25) is 4.79 Å². The van der Waals surface area contributed by atoms with Gasteiger partial charge in [0.1, 0.15) is 11.6 Å². The van der Waals surface area contributed by atoms with Crippen molar-refractivity contribution in [2.45, 2.75) is 38.3 Å². The standard InChI is InChI=1S/C18H30N6O4/c1-18(2,3)28-15(25)14(20)13(9-19)10-6-11(23-16(26)21-4)8-12(7-10)24-17(27)22-5/h6-8,13-14H,9,19-20H2,1-5H3,(H2,21,23,26)(H2,22,24,27). The molecule has 0 heterocycles. The van der Waals surface area contributed by atoms with E-state index >= 15 is 0 Å². The van der Waals surface area contributed by atoms with Gasteiger partial charge in [0, 0.05) is 37.9 Å². The minimum Gasteiger partial charge on any atom is -0.459 e. The van der Waals surface area contributed by atoms with Crippen LogP contribution < -0.4 is 32.7 Å². The summed E-state index contributed by atoms with van der Waals surface area (Å²) >= 11 is 0. The highest BCUT2D eigenvalue weighted by Crippen LogP contribution is 2.27. The number of anilines is 2. The first-order valence-corrected chi connectivity index (χ1v) is 8.81. The van der Waals surface area contributed by atoms with Crippen molar-refractivity contribution < 1.29 is 19.1 Å². The maximum absolute atomic E-state index is 12.4. The van der Waals surface area contributed by atoms with Crippen LogP contribution in [0.2, 0.25) is 0 Å². The number of ether oxygens (including phenoxy) is 1. The molecule has 1 aromatic carbocycles. The molecule has 28 heavy (non-hydrogen) atoms. The maximum Gasteiger partial charge on any atom is 0.324 e. The van der Waals surface area contributed by atoms with Gasteiger partial charge in [-0.25, -0.2) is 9.59 Å². The largest absolute Gasteiger partial charge is 0.459 e. The lowest BCUT2D eigenvalue weighted by atomic mass is 9.91. The third-order valence-electron chi connectivity index (χ3n) is 3.72. The maximum atomic E-state index is 12.4. The number of nitrogens with one attached hydrogen (secondary N) is 4. The molecule has 1 aromatic rings. The third-order valence-corrected chi connectivity index (χ3v) is 3.72. The van der Waals surface area contributed by atoms with E-state index in [2.05, 4.69) is 21.3 Å². The molecule has 4 amide bonds. The van der Waals surface area contributed by atoms with Gasteiger partial charge >= 0.3 is 18.0 Å². The lowest BCUT2D eigenvalue weighted by molar-refractivity contribution is -0.157. The van der Waals surface area contributed by atoms with Crippen molar-refractivity contribution in [1.29, 1.82) is 0 Å². The van der Waals surface area contributed by atoms with E-state index in [1.807, 2.05) is 0 Å². The summed E-state index contributed by atoms with van der Waals surface area (Å²) in [6, 6.07) is 2.96. The SMILES string of the molecule is CNC(=O)Nc1cc(NC(=O)NC)cc(C(CN)C(N)C(=O)OC(C)(C)C)c1. The van der Waals surface area contributed by atoms with Crippen molar-refractivity contribution in [2.75, 3.05) is 31.3 Å². The molecule has 0 aliphatic carbocycles. The van der Waals surface area contributed by atoms with Crippen LogP contribution in [0.3, 0.4) is 0 Å². The van der Waals surface area contributed by atoms with E-state index in [4.69, 9.17) is 16.2 Å². The van der Waals surface area contributed by atoms with Crippen LogP contribution in [0.25, 0.3) is 0 Å². The summed E-state index contributed by atoms with van der Waals surface area (Å²) in [5.74, 6) is -1.18. The fourth-order valence-electron chi connectivity index (χ4n) is 2.42. The second kappa shape index (κ2) is 9.90. The van der Waals surface area contributed by atoms with Crippen molar-refractivity contribution in [2.24, 2.45) is 11.5 Å². The number of esters is 1. The molecule has 0 aliphatic rings. The molecule has 0 radical (unpaired) electrons. The molecular formula is C18H30N6O4. The Morgan fingerprint density at radius 2 is 1.46 bits per heavy atom. The molecule has 10 nitrogen and oxygen atoms in total. The van der Waals surface area contributed by atoms with Gasteiger partial charge in [-0.2, -0.15) is 0 Å². The van der Waals surface area contributed by atoms with Gasteiger partial charge < -0.3 is 37.5 Å². The molecule has 0 bridgehead atoms. The molecule has 0 saturated carbocycles. The number of nitrogens with two attached hydrogens (primary N) is 2. The van der Waals surface area contributed by atoms with Crippen LogP contribution in [0, 0.1) is 0 Å². The first-order valence-electron chi connectivity index (χ1n) is 8.81.